The summed E-state index contributed by atoms with van der Waals surface area (Å²) in [6.45, 7) is 2.40. The van der Waals surface area contributed by atoms with Crippen molar-refractivity contribution in [2.24, 2.45) is 15.2 Å². The largest absolute Gasteiger partial charge is 0.251 e. The summed E-state index contributed by atoms with van der Waals surface area (Å²) >= 11 is 3.35. The minimum absolute atomic E-state index is 0.423. The Labute approximate surface area is 83.9 Å². The van der Waals surface area contributed by atoms with Gasteiger partial charge in [-0.3, -0.25) is 4.98 Å². The Balaban J connectivity index is 2.46. The molecule has 0 aromatic carbocycles. The van der Waals surface area contributed by atoms with Crippen LogP contribution in [0.25, 0.3) is 0 Å². The molecule has 0 saturated heterocycles. The third-order valence-electron chi connectivity index (χ3n) is 1.71. The van der Waals surface area contributed by atoms with Gasteiger partial charge in [-0.15, -0.1) is 5.11 Å². The van der Waals surface area contributed by atoms with Crippen LogP contribution >= 0.6 is 15.9 Å². The van der Waals surface area contributed by atoms with Crippen LogP contribution in [-0.2, 0) is 0 Å². The van der Waals surface area contributed by atoms with Gasteiger partial charge in [0.15, 0.2) is 12.5 Å². The number of nitrogens with zero attached hydrogens (tertiary/aromatic N) is 4. The second kappa shape index (κ2) is 3.33. The predicted octanol–water partition coefficient (Wildman–Crippen LogP) is 2.32. The first-order valence-electron chi connectivity index (χ1n) is 3.82. The van der Waals surface area contributed by atoms with Crippen LogP contribution < -0.4 is 0 Å². The van der Waals surface area contributed by atoms with Crippen LogP contribution in [0.3, 0.4) is 0 Å². The molecule has 0 unspecified atom stereocenters. The topological polar surface area (TPSA) is 50.0 Å². The first kappa shape index (κ1) is 8.50. The maximum atomic E-state index is 4.23. The lowest BCUT2D eigenvalue weighted by Gasteiger charge is -2.00. The van der Waals surface area contributed by atoms with Crippen molar-refractivity contribution in [2.45, 2.75) is 6.92 Å². The summed E-state index contributed by atoms with van der Waals surface area (Å²) in [6, 6.07) is 1.98. The van der Waals surface area contributed by atoms with Gasteiger partial charge in [0, 0.05) is 10.7 Å². The minimum Gasteiger partial charge on any atom is -0.251 e. The number of hydrogen-bond donors (Lipinski definition) is 0. The van der Waals surface area contributed by atoms with Crippen LogP contribution in [0.5, 0.6) is 0 Å². The van der Waals surface area contributed by atoms with E-state index in [9.17, 15) is 0 Å². The molecule has 5 heteroatoms. The van der Waals surface area contributed by atoms with Gasteiger partial charge in [-0.25, -0.2) is 4.99 Å². The molecule has 0 saturated carbocycles. The molecule has 1 aliphatic heterocycles. The second-order valence-corrected chi connectivity index (χ2v) is 3.60. The average Bonchev–Trinajstić information content (AvgIpc) is 2.56. The van der Waals surface area contributed by atoms with E-state index in [0.717, 1.165) is 15.7 Å². The Morgan fingerprint density at radius 2 is 2.31 bits per heavy atom. The van der Waals surface area contributed by atoms with Crippen LogP contribution in [0.4, 0.5) is 0 Å². The Morgan fingerprint density at radius 3 is 2.92 bits per heavy atom. The lowest BCUT2D eigenvalue weighted by molar-refractivity contribution is 1.05. The van der Waals surface area contributed by atoms with Crippen LogP contribution in [0.15, 0.2) is 32.0 Å². The van der Waals surface area contributed by atoms with Gasteiger partial charge in [0.05, 0.1) is 0 Å². The van der Waals surface area contributed by atoms with Crippen molar-refractivity contribution in [1.82, 2.24) is 4.98 Å². The molecule has 2 rings (SSSR count). The first-order valence-corrected chi connectivity index (χ1v) is 4.61. The normalized spacial score (nSPS) is 14.8. The molecular formula is C8H7BrN4. The smallest absolute Gasteiger partial charge is 0.197 e. The zero-order chi connectivity index (χ0) is 9.26. The fourth-order valence-corrected chi connectivity index (χ4v) is 1.57. The molecule has 0 N–H and O–H groups in total. The second-order valence-electron chi connectivity index (χ2n) is 2.68. The van der Waals surface area contributed by atoms with Crippen LogP contribution in [-0.4, -0.2) is 17.5 Å². The van der Waals surface area contributed by atoms with Crippen LogP contribution in [0.2, 0.25) is 0 Å². The van der Waals surface area contributed by atoms with Gasteiger partial charge in [0.2, 0.25) is 0 Å². The molecule has 0 spiro atoms. The molecule has 0 atom stereocenters. The minimum atomic E-state index is 0.423. The molecule has 1 aromatic heterocycles. The zero-order valence-electron chi connectivity index (χ0n) is 7.03. The molecule has 66 valence electrons. The molecule has 2 heterocycles. The lowest BCUT2D eigenvalue weighted by atomic mass is 10.2. The summed E-state index contributed by atoms with van der Waals surface area (Å²) in [5, 5.41) is 7.67. The lowest BCUT2D eigenvalue weighted by Crippen LogP contribution is -2.00. The number of azo groups is 1. The van der Waals surface area contributed by atoms with Crippen molar-refractivity contribution < 1.29 is 0 Å². The number of halogens is 1. The number of pyridine rings is 1. The molecule has 4 nitrogen and oxygen atoms in total. The highest BCUT2D eigenvalue weighted by molar-refractivity contribution is 9.10. The van der Waals surface area contributed by atoms with E-state index in [0.29, 0.717) is 12.5 Å². The third-order valence-corrected chi connectivity index (χ3v) is 2.14. The Kier molecular flexibility index (Phi) is 2.18. The summed E-state index contributed by atoms with van der Waals surface area (Å²) < 4.78 is 0.962. The maximum absolute atomic E-state index is 4.23. The van der Waals surface area contributed by atoms with Crippen molar-refractivity contribution in [3.05, 3.63) is 28.0 Å². The standard InChI is InChI=1S/C8H7BrN4/c1-5-2-6(9)3-10-7(5)8-11-4-12-13-8/h2-3H,4H2,1H3. The van der Waals surface area contributed by atoms with Gasteiger partial charge in [-0.2, -0.15) is 5.11 Å². The number of aliphatic imine (C=N–C) groups is 1. The molecule has 0 aliphatic carbocycles. The van der Waals surface area contributed by atoms with E-state index in [1.807, 2.05) is 13.0 Å². The highest BCUT2D eigenvalue weighted by atomic mass is 79.9. The average molecular weight is 239 g/mol. The van der Waals surface area contributed by atoms with Gasteiger partial charge in [-0.05, 0) is 34.5 Å². The third kappa shape index (κ3) is 1.65. The number of aryl methyl sites for hydroxylation is 1. The van der Waals surface area contributed by atoms with E-state index in [1.54, 1.807) is 6.20 Å². The highest BCUT2D eigenvalue weighted by Crippen LogP contribution is 2.15. The Hall–Kier alpha value is -1.10. The van der Waals surface area contributed by atoms with Gasteiger partial charge in [0.25, 0.3) is 0 Å². The molecule has 0 radical (unpaired) electrons. The molecule has 1 aliphatic rings. The molecule has 0 fully saturated rings. The van der Waals surface area contributed by atoms with E-state index in [4.69, 9.17) is 0 Å². The molecule has 13 heavy (non-hydrogen) atoms. The van der Waals surface area contributed by atoms with Crippen LogP contribution in [0.1, 0.15) is 11.3 Å². The van der Waals surface area contributed by atoms with Crippen LogP contribution in [0, 0.1) is 6.92 Å². The van der Waals surface area contributed by atoms with E-state index in [1.165, 1.54) is 0 Å². The van der Waals surface area contributed by atoms with Gasteiger partial charge in [-0.1, -0.05) is 0 Å². The Bertz CT molecular complexity index is 397. The summed E-state index contributed by atoms with van der Waals surface area (Å²) in [5.74, 6) is 0.630. The number of rotatable bonds is 1. The van der Waals surface area contributed by atoms with E-state index < -0.39 is 0 Å². The summed E-state index contributed by atoms with van der Waals surface area (Å²) in [4.78, 5) is 8.33. The van der Waals surface area contributed by atoms with Crippen molar-refractivity contribution >= 4 is 21.8 Å². The molecular weight excluding hydrogens is 232 g/mol. The van der Waals surface area contributed by atoms with E-state index in [2.05, 4.69) is 36.1 Å². The fourth-order valence-electron chi connectivity index (χ4n) is 1.13. The Morgan fingerprint density at radius 1 is 1.46 bits per heavy atom. The summed E-state index contributed by atoms with van der Waals surface area (Å²) in [7, 11) is 0. The van der Waals surface area contributed by atoms with Crippen molar-refractivity contribution in [1.29, 1.82) is 0 Å². The number of aromatic nitrogens is 1. The quantitative estimate of drug-likeness (QED) is 0.741. The number of amidine groups is 1. The monoisotopic (exact) mass is 238 g/mol. The SMILES string of the molecule is Cc1cc(Br)cnc1C1=NCN=N1. The predicted molar refractivity (Wildman–Crippen MR) is 52.9 cm³/mol. The molecule has 0 bridgehead atoms. The molecule has 1 aromatic rings. The fraction of sp³-hybridized carbons (Fsp3) is 0.250. The maximum Gasteiger partial charge on any atom is 0.197 e. The highest BCUT2D eigenvalue weighted by Gasteiger charge is 2.10. The van der Waals surface area contributed by atoms with Crippen molar-refractivity contribution in [2.75, 3.05) is 6.67 Å². The number of hydrogen-bond acceptors (Lipinski definition) is 4. The molecule has 0 amide bonds. The van der Waals surface area contributed by atoms with Gasteiger partial charge < -0.3 is 0 Å². The van der Waals surface area contributed by atoms with Gasteiger partial charge in [0.1, 0.15) is 5.69 Å². The summed E-state index contributed by atoms with van der Waals surface area (Å²) in [5.41, 5.74) is 1.86. The van der Waals surface area contributed by atoms with Crippen molar-refractivity contribution in [3.63, 3.8) is 0 Å². The summed E-state index contributed by atoms with van der Waals surface area (Å²) in [6.07, 6.45) is 1.73. The van der Waals surface area contributed by atoms with E-state index >= 15 is 0 Å². The first-order chi connectivity index (χ1) is 6.27. The van der Waals surface area contributed by atoms with Crippen molar-refractivity contribution in [3.8, 4) is 0 Å². The zero-order valence-corrected chi connectivity index (χ0v) is 8.61. The van der Waals surface area contributed by atoms with E-state index in [-0.39, 0.29) is 0 Å². The van der Waals surface area contributed by atoms with Gasteiger partial charge >= 0.3 is 0 Å².